The van der Waals surface area contributed by atoms with Crippen LogP contribution in [0.2, 0.25) is 0 Å². The van der Waals surface area contributed by atoms with E-state index in [2.05, 4.69) is 10.4 Å². The summed E-state index contributed by atoms with van der Waals surface area (Å²) < 4.78 is 7.10. The van der Waals surface area contributed by atoms with Gasteiger partial charge in [0, 0.05) is 18.0 Å². The summed E-state index contributed by atoms with van der Waals surface area (Å²) >= 11 is 0. The van der Waals surface area contributed by atoms with Crippen LogP contribution < -0.4 is 10.1 Å². The highest BCUT2D eigenvalue weighted by Gasteiger charge is 2.15. The van der Waals surface area contributed by atoms with Crippen molar-refractivity contribution in [3.8, 4) is 5.75 Å². The molecule has 4 aromatic rings. The van der Waals surface area contributed by atoms with E-state index in [4.69, 9.17) is 9.72 Å². The number of nitrogens with one attached hydrogen (secondary N) is 1. The molecule has 0 saturated heterocycles. The largest absolute Gasteiger partial charge is 0.494 e. The van der Waals surface area contributed by atoms with Crippen molar-refractivity contribution >= 4 is 33.7 Å². The molecule has 0 unspecified atom stereocenters. The number of aryl methyl sites for hydroxylation is 2. The van der Waals surface area contributed by atoms with Crippen LogP contribution >= 0.6 is 0 Å². The van der Waals surface area contributed by atoms with Crippen molar-refractivity contribution in [3.05, 3.63) is 59.7 Å². The molecule has 6 heteroatoms. The molecule has 0 bridgehead atoms. The normalized spacial score (nSPS) is 11.1. The van der Waals surface area contributed by atoms with Gasteiger partial charge in [-0.3, -0.25) is 4.79 Å². The monoisotopic (exact) mass is 360 g/mol. The summed E-state index contributed by atoms with van der Waals surface area (Å²) in [7, 11) is 1.82. The van der Waals surface area contributed by atoms with Crippen molar-refractivity contribution in [2.45, 2.75) is 13.8 Å². The number of carbonyl (C=O) groups is 1. The number of rotatable bonds is 4. The Bertz CT molecular complexity index is 1150. The third-order valence-corrected chi connectivity index (χ3v) is 4.42. The van der Waals surface area contributed by atoms with Crippen LogP contribution in [0.1, 0.15) is 22.8 Å². The highest BCUT2D eigenvalue weighted by atomic mass is 16.5. The van der Waals surface area contributed by atoms with Crippen LogP contribution in [-0.4, -0.2) is 27.3 Å². The number of aromatic nitrogens is 3. The summed E-state index contributed by atoms with van der Waals surface area (Å²) in [4.78, 5) is 17.3. The molecule has 0 spiro atoms. The molecule has 2 aromatic heterocycles. The molecule has 1 N–H and O–H groups in total. The van der Waals surface area contributed by atoms with Gasteiger partial charge in [0.2, 0.25) is 0 Å². The van der Waals surface area contributed by atoms with Gasteiger partial charge in [0.05, 0.1) is 17.5 Å². The summed E-state index contributed by atoms with van der Waals surface area (Å²) in [5.74, 6) is 1.02. The zero-order valence-electron chi connectivity index (χ0n) is 15.5. The number of ether oxygens (including phenoxy) is 1. The number of amides is 1. The average molecular weight is 360 g/mol. The van der Waals surface area contributed by atoms with Gasteiger partial charge in [-0.15, -0.1) is 0 Å². The summed E-state index contributed by atoms with van der Waals surface area (Å²) in [6.07, 6.45) is 0. The minimum absolute atomic E-state index is 0.220. The third kappa shape index (κ3) is 3.21. The fourth-order valence-corrected chi connectivity index (χ4v) is 3.08. The van der Waals surface area contributed by atoms with E-state index in [9.17, 15) is 4.79 Å². The standard InChI is InChI=1S/C21H20N4O2/c1-4-27-16-9-7-14(8-10-16)21(26)23-19-17-12-15-6-5-13(2)11-18(15)22-20(17)25(3)24-19/h5-12H,4H2,1-3H3,(H,23,24,26). The van der Waals surface area contributed by atoms with Crippen molar-refractivity contribution in [2.75, 3.05) is 11.9 Å². The first-order valence-electron chi connectivity index (χ1n) is 8.83. The second-order valence-electron chi connectivity index (χ2n) is 6.44. The quantitative estimate of drug-likeness (QED) is 0.595. The van der Waals surface area contributed by atoms with Crippen LogP contribution in [0.3, 0.4) is 0 Å². The number of pyridine rings is 1. The Morgan fingerprint density at radius 2 is 1.93 bits per heavy atom. The van der Waals surface area contributed by atoms with Crippen molar-refractivity contribution in [1.29, 1.82) is 0 Å². The highest BCUT2D eigenvalue weighted by molar-refractivity contribution is 6.08. The predicted molar refractivity (Wildman–Crippen MR) is 106 cm³/mol. The van der Waals surface area contributed by atoms with E-state index >= 15 is 0 Å². The lowest BCUT2D eigenvalue weighted by Gasteiger charge is -2.05. The van der Waals surface area contributed by atoms with E-state index in [0.29, 0.717) is 18.0 Å². The van der Waals surface area contributed by atoms with Gasteiger partial charge in [-0.25, -0.2) is 9.67 Å². The topological polar surface area (TPSA) is 69.0 Å². The van der Waals surface area contributed by atoms with Crippen LogP contribution in [0.25, 0.3) is 21.9 Å². The second kappa shape index (κ2) is 6.72. The Balaban J connectivity index is 1.68. The van der Waals surface area contributed by atoms with Crippen LogP contribution in [0, 0.1) is 6.92 Å². The maximum atomic E-state index is 12.6. The highest BCUT2D eigenvalue weighted by Crippen LogP contribution is 2.26. The molecule has 27 heavy (non-hydrogen) atoms. The zero-order chi connectivity index (χ0) is 19.0. The minimum Gasteiger partial charge on any atom is -0.494 e. The third-order valence-electron chi connectivity index (χ3n) is 4.42. The summed E-state index contributed by atoms with van der Waals surface area (Å²) in [5, 5.41) is 9.17. The molecule has 2 heterocycles. The second-order valence-corrected chi connectivity index (χ2v) is 6.44. The summed E-state index contributed by atoms with van der Waals surface area (Å²) in [6, 6.07) is 15.2. The fourth-order valence-electron chi connectivity index (χ4n) is 3.08. The van der Waals surface area contributed by atoms with Crippen LogP contribution in [0.5, 0.6) is 5.75 Å². The van der Waals surface area contributed by atoms with Gasteiger partial charge in [0.1, 0.15) is 5.75 Å². The Morgan fingerprint density at radius 1 is 1.15 bits per heavy atom. The molecule has 0 saturated carbocycles. The Kier molecular flexibility index (Phi) is 4.24. The molecule has 0 radical (unpaired) electrons. The lowest BCUT2D eigenvalue weighted by Crippen LogP contribution is -2.12. The van der Waals surface area contributed by atoms with E-state index in [0.717, 1.165) is 33.2 Å². The molecule has 0 aliphatic heterocycles. The smallest absolute Gasteiger partial charge is 0.256 e. The number of nitrogens with zero attached hydrogens (tertiary/aromatic N) is 3. The first-order chi connectivity index (χ1) is 13.0. The van der Waals surface area contributed by atoms with E-state index in [-0.39, 0.29) is 5.91 Å². The first kappa shape index (κ1) is 17.0. The zero-order valence-corrected chi connectivity index (χ0v) is 15.5. The van der Waals surface area contributed by atoms with E-state index < -0.39 is 0 Å². The Labute approximate surface area is 156 Å². The number of fused-ring (bicyclic) bond motifs is 2. The molecule has 0 fully saturated rings. The Morgan fingerprint density at radius 3 is 2.67 bits per heavy atom. The first-order valence-corrected chi connectivity index (χ1v) is 8.83. The molecular weight excluding hydrogens is 340 g/mol. The fraction of sp³-hybridized carbons (Fsp3) is 0.190. The van der Waals surface area contributed by atoms with E-state index in [1.54, 1.807) is 28.9 Å². The maximum Gasteiger partial charge on any atom is 0.256 e. The molecule has 4 rings (SSSR count). The van der Waals surface area contributed by atoms with Crippen molar-refractivity contribution in [1.82, 2.24) is 14.8 Å². The summed E-state index contributed by atoms with van der Waals surface area (Å²) in [6.45, 7) is 4.55. The van der Waals surface area contributed by atoms with E-state index in [1.165, 1.54) is 0 Å². The average Bonchev–Trinajstić information content (AvgIpc) is 2.95. The van der Waals surface area contributed by atoms with Crippen molar-refractivity contribution < 1.29 is 9.53 Å². The molecule has 0 atom stereocenters. The molecule has 0 aliphatic carbocycles. The van der Waals surface area contributed by atoms with Gasteiger partial charge in [-0.1, -0.05) is 12.1 Å². The predicted octanol–water partition coefficient (Wildman–Crippen LogP) is 4.08. The molecule has 2 aromatic carbocycles. The SMILES string of the molecule is CCOc1ccc(C(=O)Nc2nn(C)c3nc4cc(C)ccc4cc23)cc1. The van der Waals surface area contributed by atoms with Crippen molar-refractivity contribution in [2.24, 2.45) is 7.05 Å². The number of hydrogen-bond donors (Lipinski definition) is 1. The van der Waals surface area contributed by atoms with Gasteiger partial charge in [-0.2, -0.15) is 5.10 Å². The van der Waals surface area contributed by atoms with Crippen LogP contribution in [-0.2, 0) is 7.05 Å². The number of anilines is 1. The van der Waals surface area contributed by atoms with Gasteiger partial charge in [0.15, 0.2) is 11.5 Å². The van der Waals surface area contributed by atoms with Crippen LogP contribution in [0.15, 0.2) is 48.5 Å². The van der Waals surface area contributed by atoms with Gasteiger partial charge in [-0.05, 0) is 55.8 Å². The van der Waals surface area contributed by atoms with Gasteiger partial charge in [0.25, 0.3) is 5.91 Å². The lowest BCUT2D eigenvalue weighted by atomic mass is 10.1. The molecule has 136 valence electrons. The van der Waals surface area contributed by atoms with Gasteiger partial charge < -0.3 is 10.1 Å². The molecule has 1 amide bonds. The summed E-state index contributed by atoms with van der Waals surface area (Å²) in [5.41, 5.74) is 3.34. The van der Waals surface area contributed by atoms with Gasteiger partial charge >= 0.3 is 0 Å². The Hall–Kier alpha value is -3.41. The number of carbonyl (C=O) groups excluding carboxylic acids is 1. The molecule has 6 nitrogen and oxygen atoms in total. The number of benzene rings is 2. The molecular formula is C21H20N4O2. The number of hydrogen-bond acceptors (Lipinski definition) is 4. The van der Waals surface area contributed by atoms with E-state index in [1.807, 2.05) is 45.2 Å². The minimum atomic E-state index is -0.220. The van der Waals surface area contributed by atoms with Crippen LogP contribution in [0.4, 0.5) is 5.82 Å². The molecule has 0 aliphatic rings. The lowest BCUT2D eigenvalue weighted by molar-refractivity contribution is 0.102. The maximum absolute atomic E-state index is 12.6. The van der Waals surface area contributed by atoms with Crippen molar-refractivity contribution in [3.63, 3.8) is 0 Å².